The van der Waals surface area contributed by atoms with Crippen LogP contribution >= 0.6 is 11.8 Å². The first-order valence-corrected chi connectivity index (χ1v) is 5.19. The van der Waals surface area contributed by atoms with Crippen LogP contribution in [0.4, 0.5) is 0 Å². The van der Waals surface area contributed by atoms with Gasteiger partial charge in [0.05, 0.1) is 0 Å². The first kappa shape index (κ1) is 9.58. The average Bonchev–Trinajstić information content (AvgIpc) is 2.35. The number of aryl methyl sites for hydroxylation is 1. The highest BCUT2D eigenvalue weighted by Gasteiger charge is 2.00. The zero-order valence-corrected chi connectivity index (χ0v) is 8.61. The van der Waals surface area contributed by atoms with Crippen molar-refractivity contribution in [2.75, 3.05) is 5.75 Å². The molecule has 3 nitrogen and oxygen atoms in total. The molecule has 0 saturated carbocycles. The maximum atomic E-state index is 4.20. The summed E-state index contributed by atoms with van der Waals surface area (Å²) in [5, 5.41) is 7.73. The van der Waals surface area contributed by atoms with E-state index < -0.39 is 0 Å². The summed E-state index contributed by atoms with van der Waals surface area (Å²) in [6, 6.07) is 0. The first-order valence-electron chi connectivity index (χ1n) is 4.20. The van der Waals surface area contributed by atoms with Gasteiger partial charge >= 0.3 is 0 Å². The van der Waals surface area contributed by atoms with Crippen molar-refractivity contribution in [3.8, 4) is 0 Å². The molecule has 0 radical (unpaired) electrons. The molecule has 1 heterocycles. The SMILES string of the molecule is Cc1nc(SCCC(C)C)n[nH]1. The van der Waals surface area contributed by atoms with Gasteiger partial charge in [0.1, 0.15) is 5.82 Å². The minimum atomic E-state index is 0.762. The van der Waals surface area contributed by atoms with Crippen molar-refractivity contribution in [1.82, 2.24) is 15.2 Å². The van der Waals surface area contributed by atoms with Crippen molar-refractivity contribution in [2.45, 2.75) is 32.3 Å². The summed E-state index contributed by atoms with van der Waals surface area (Å²) in [5.74, 6) is 2.76. The van der Waals surface area contributed by atoms with Crippen LogP contribution in [0.25, 0.3) is 0 Å². The highest BCUT2D eigenvalue weighted by Crippen LogP contribution is 2.15. The van der Waals surface area contributed by atoms with Crippen molar-refractivity contribution in [3.63, 3.8) is 0 Å². The lowest BCUT2D eigenvalue weighted by Gasteiger charge is -2.00. The summed E-state index contributed by atoms with van der Waals surface area (Å²) < 4.78 is 0. The maximum absolute atomic E-state index is 4.20. The van der Waals surface area contributed by atoms with E-state index in [1.54, 1.807) is 11.8 Å². The number of aromatic nitrogens is 3. The Labute approximate surface area is 77.4 Å². The summed E-state index contributed by atoms with van der Waals surface area (Å²) in [6.45, 7) is 6.37. The molecule has 1 rings (SSSR count). The summed E-state index contributed by atoms with van der Waals surface area (Å²) in [7, 11) is 0. The quantitative estimate of drug-likeness (QED) is 0.731. The molecular weight excluding hydrogens is 170 g/mol. The largest absolute Gasteiger partial charge is 0.262 e. The smallest absolute Gasteiger partial charge is 0.208 e. The number of hydrogen-bond acceptors (Lipinski definition) is 3. The third-order valence-corrected chi connectivity index (χ3v) is 2.38. The topological polar surface area (TPSA) is 41.6 Å². The zero-order chi connectivity index (χ0) is 8.97. The van der Waals surface area contributed by atoms with Gasteiger partial charge in [-0.2, -0.15) is 0 Å². The number of hydrogen-bond donors (Lipinski definition) is 1. The summed E-state index contributed by atoms with van der Waals surface area (Å²) >= 11 is 1.72. The molecule has 68 valence electrons. The van der Waals surface area contributed by atoms with Gasteiger partial charge in [0.2, 0.25) is 5.16 Å². The lowest BCUT2D eigenvalue weighted by molar-refractivity contribution is 0.631. The highest BCUT2D eigenvalue weighted by molar-refractivity contribution is 7.99. The lowest BCUT2D eigenvalue weighted by atomic mass is 10.2. The number of rotatable bonds is 4. The molecule has 1 N–H and O–H groups in total. The molecule has 0 saturated heterocycles. The fraction of sp³-hybridized carbons (Fsp3) is 0.750. The number of nitrogens with one attached hydrogen (secondary N) is 1. The predicted octanol–water partition coefficient (Wildman–Crippen LogP) is 2.25. The van der Waals surface area contributed by atoms with Crippen LogP contribution in [0.15, 0.2) is 5.16 Å². The van der Waals surface area contributed by atoms with E-state index >= 15 is 0 Å². The minimum absolute atomic E-state index is 0.762. The number of nitrogens with zero attached hydrogens (tertiary/aromatic N) is 2. The van der Waals surface area contributed by atoms with Crippen LogP contribution in [-0.2, 0) is 0 Å². The molecule has 0 spiro atoms. The normalized spacial score (nSPS) is 11.0. The van der Waals surface area contributed by atoms with Gasteiger partial charge in [-0.1, -0.05) is 25.6 Å². The second-order valence-electron chi connectivity index (χ2n) is 3.23. The van der Waals surface area contributed by atoms with Crippen LogP contribution in [0, 0.1) is 12.8 Å². The van der Waals surface area contributed by atoms with Crippen LogP contribution in [0.2, 0.25) is 0 Å². The molecule has 0 fully saturated rings. The maximum Gasteiger partial charge on any atom is 0.208 e. The van der Waals surface area contributed by atoms with Gasteiger partial charge in [-0.05, 0) is 19.3 Å². The van der Waals surface area contributed by atoms with Gasteiger partial charge in [-0.3, -0.25) is 5.10 Å². The Kier molecular flexibility index (Phi) is 3.59. The summed E-state index contributed by atoms with van der Waals surface area (Å²) in [6.07, 6.45) is 1.22. The van der Waals surface area contributed by atoms with Gasteiger partial charge in [-0.25, -0.2) is 4.98 Å². The molecule has 1 aromatic rings. The third-order valence-electron chi connectivity index (χ3n) is 1.50. The van der Waals surface area contributed by atoms with E-state index in [0.717, 1.165) is 22.7 Å². The lowest BCUT2D eigenvalue weighted by Crippen LogP contribution is -1.89. The van der Waals surface area contributed by atoms with Gasteiger partial charge in [0, 0.05) is 5.75 Å². The average molecular weight is 185 g/mol. The Morgan fingerprint density at radius 3 is 2.75 bits per heavy atom. The van der Waals surface area contributed by atoms with Crippen LogP contribution in [-0.4, -0.2) is 20.9 Å². The molecule has 1 aromatic heterocycles. The zero-order valence-electron chi connectivity index (χ0n) is 7.79. The standard InChI is InChI=1S/C8H15N3S/c1-6(2)4-5-12-8-9-7(3)10-11-8/h6H,4-5H2,1-3H3,(H,9,10,11). The second kappa shape index (κ2) is 4.50. The molecule has 0 aliphatic carbocycles. The summed E-state index contributed by atoms with van der Waals surface area (Å²) in [4.78, 5) is 4.20. The van der Waals surface area contributed by atoms with E-state index in [1.807, 2.05) is 6.92 Å². The molecule has 0 amide bonds. The molecule has 0 unspecified atom stereocenters. The fourth-order valence-electron chi connectivity index (χ4n) is 0.773. The van der Waals surface area contributed by atoms with Crippen molar-refractivity contribution < 1.29 is 0 Å². The monoisotopic (exact) mass is 185 g/mol. The fourth-order valence-corrected chi connectivity index (χ4v) is 1.86. The second-order valence-corrected chi connectivity index (χ2v) is 4.30. The van der Waals surface area contributed by atoms with Crippen molar-refractivity contribution in [3.05, 3.63) is 5.82 Å². The Hall–Kier alpha value is -0.510. The molecule has 0 bridgehead atoms. The molecular formula is C8H15N3S. The summed E-state index contributed by atoms with van der Waals surface area (Å²) in [5.41, 5.74) is 0. The number of H-pyrrole nitrogens is 1. The van der Waals surface area contributed by atoms with E-state index in [-0.39, 0.29) is 0 Å². The number of thioether (sulfide) groups is 1. The van der Waals surface area contributed by atoms with Crippen LogP contribution in [0.1, 0.15) is 26.1 Å². The third kappa shape index (κ3) is 3.26. The Morgan fingerprint density at radius 2 is 2.25 bits per heavy atom. The first-order chi connectivity index (χ1) is 5.68. The molecule has 12 heavy (non-hydrogen) atoms. The molecule has 0 aliphatic rings. The molecule has 0 atom stereocenters. The van der Waals surface area contributed by atoms with Crippen molar-refractivity contribution in [1.29, 1.82) is 0 Å². The predicted molar refractivity (Wildman–Crippen MR) is 51.3 cm³/mol. The van der Waals surface area contributed by atoms with E-state index in [2.05, 4.69) is 29.0 Å². The van der Waals surface area contributed by atoms with Gasteiger partial charge in [0.15, 0.2) is 0 Å². The van der Waals surface area contributed by atoms with E-state index in [1.165, 1.54) is 6.42 Å². The Morgan fingerprint density at radius 1 is 1.50 bits per heavy atom. The van der Waals surface area contributed by atoms with Crippen LogP contribution in [0.3, 0.4) is 0 Å². The molecule has 0 aliphatic heterocycles. The van der Waals surface area contributed by atoms with Crippen LogP contribution < -0.4 is 0 Å². The highest BCUT2D eigenvalue weighted by atomic mass is 32.2. The minimum Gasteiger partial charge on any atom is -0.262 e. The molecule has 4 heteroatoms. The van der Waals surface area contributed by atoms with Gasteiger partial charge in [0.25, 0.3) is 0 Å². The van der Waals surface area contributed by atoms with Crippen LogP contribution in [0.5, 0.6) is 0 Å². The van der Waals surface area contributed by atoms with Gasteiger partial charge < -0.3 is 0 Å². The molecule has 0 aromatic carbocycles. The van der Waals surface area contributed by atoms with E-state index in [4.69, 9.17) is 0 Å². The van der Waals surface area contributed by atoms with Crippen molar-refractivity contribution in [2.24, 2.45) is 5.92 Å². The Balaban J connectivity index is 2.24. The van der Waals surface area contributed by atoms with E-state index in [9.17, 15) is 0 Å². The van der Waals surface area contributed by atoms with E-state index in [0.29, 0.717) is 0 Å². The Bertz CT molecular complexity index is 232. The van der Waals surface area contributed by atoms with Gasteiger partial charge in [-0.15, -0.1) is 5.10 Å². The number of aromatic amines is 1. The van der Waals surface area contributed by atoms with Crippen molar-refractivity contribution >= 4 is 11.8 Å².